The van der Waals surface area contributed by atoms with Gasteiger partial charge in [-0.05, 0) is 0 Å². The number of hydrogen-bond donors (Lipinski definition) is 2. The first kappa shape index (κ1) is 22.2. The van der Waals surface area contributed by atoms with Gasteiger partial charge in [0.1, 0.15) is 18.5 Å². The maximum absolute atomic E-state index is 13.6. The van der Waals surface area contributed by atoms with Crippen LogP contribution in [0.1, 0.15) is 6.23 Å². The summed E-state index contributed by atoms with van der Waals surface area (Å²) in [5.41, 5.74) is 1.16. The number of rotatable bonds is 8. The first-order valence-electron chi connectivity index (χ1n) is 9.48. The molecule has 5 atom stereocenters. The highest BCUT2D eigenvalue weighted by Crippen LogP contribution is 2.58. The van der Waals surface area contributed by atoms with Crippen LogP contribution in [-0.2, 0) is 13.8 Å². The Balaban J connectivity index is 1.69. The molecule has 30 heavy (non-hydrogen) atoms. The molecule has 14 heteroatoms. The number of aromatic nitrogens is 4. The number of hydrogen-bond acceptors (Lipinski definition) is 8. The van der Waals surface area contributed by atoms with E-state index in [0.717, 1.165) is 0 Å². The molecule has 2 aromatic rings. The Morgan fingerprint density at radius 3 is 2.63 bits per heavy atom. The van der Waals surface area contributed by atoms with Crippen LogP contribution in [0.25, 0.3) is 11.2 Å². The normalized spacial score (nSPS) is 31.0. The largest absolute Gasteiger partial charge is 0.394 e. The molecule has 2 aliphatic heterocycles. The minimum absolute atomic E-state index is 0.260. The van der Waals surface area contributed by atoms with Gasteiger partial charge in [-0.1, -0.05) is 0 Å². The molecule has 0 saturated carbocycles. The number of imidazole rings is 1. The van der Waals surface area contributed by atoms with Gasteiger partial charge in [-0.15, -0.1) is 23.2 Å². The second-order valence-electron chi connectivity index (χ2n) is 7.24. The molecule has 0 spiro atoms. The van der Waals surface area contributed by atoms with Crippen molar-refractivity contribution >= 4 is 47.9 Å². The summed E-state index contributed by atoms with van der Waals surface area (Å²) in [5, 5.41) is 12.9. The number of halogens is 2. The summed E-state index contributed by atoms with van der Waals surface area (Å²) in [4.78, 5) is 14.9. The third kappa shape index (κ3) is 3.71. The minimum Gasteiger partial charge on any atom is -0.394 e. The minimum atomic E-state index is -3.42. The number of ether oxygens (including phenoxy) is 1. The Hall–Kier alpha value is -1.04. The lowest BCUT2D eigenvalue weighted by Gasteiger charge is -2.28. The van der Waals surface area contributed by atoms with Gasteiger partial charge in [-0.2, -0.15) is 0 Å². The van der Waals surface area contributed by atoms with Crippen LogP contribution < -0.4 is 9.99 Å². The Morgan fingerprint density at radius 2 is 2.00 bits per heavy atom. The molecule has 2 aliphatic rings. The number of nitrogens with one attached hydrogen (secondary N) is 1. The van der Waals surface area contributed by atoms with Gasteiger partial charge in [0.15, 0.2) is 23.2 Å². The first-order valence-corrected chi connectivity index (χ1v) is 12.1. The molecule has 2 saturated heterocycles. The molecule has 166 valence electrons. The first-order chi connectivity index (χ1) is 14.4. The Kier molecular flexibility index (Phi) is 6.53. The van der Waals surface area contributed by atoms with Crippen LogP contribution in [0.2, 0.25) is 0 Å². The number of fused-ring (bicyclic) bond motifs is 2. The predicted molar refractivity (Wildman–Crippen MR) is 113 cm³/mol. The summed E-state index contributed by atoms with van der Waals surface area (Å²) in [7, 11) is 0.319. The van der Waals surface area contributed by atoms with Crippen molar-refractivity contribution < 1.29 is 18.9 Å². The maximum Gasteiger partial charge on any atom is 0.344 e. The molecule has 0 aliphatic carbocycles. The van der Waals surface area contributed by atoms with E-state index in [1.165, 1.54) is 6.33 Å². The van der Waals surface area contributed by atoms with Gasteiger partial charge < -0.3 is 14.7 Å². The van der Waals surface area contributed by atoms with Crippen LogP contribution in [0, 0.1) is 0 Å². The van der Waals surface area contributed by atoms with Gasteiger partial charge in [0, 0.05) is 38.9 Å². The van der Waals surface area contributed by atoms with Crippen LogP contribution >= 0.6 is 30.9 Å². The zero-order valence-corrected chi connectivity index (χ0v) is 19.0. The molecular formula is C16H24Cl2N7O4P. The van der Waals surface area contributed by atoms with Gasteiger partial charge >= 0.3 is 7.67 Å². The highest BCUT2D eigenvalue weighted by molar-refractivity contribution is 7.54. The van der Waals surface area contributed by atoms with Crippen molar-refractivity contribution in [1.29, 1.82) is 0 Å². The third-order valence-corrected chi connectivity index (χ3v) is 7.84. The summed E-state index contributed by atoms with van der Waals surface area (Å²) in [6, 6.07) is -0.480. The van der Waals surface area contributed by atoms with Crippen molar-refractivity contribution in [3.05, 3.63) is 12.7 Å². The molecular weight excluding hydrogens is 456 g/mol. The zero-order valence-electron chi connectivity index (χ0n) is 16.6. The molecule has 0 bridgehead atoms. The molecule has 0 unspecified atom stereocenters. The SMILES string of the molecule is CN(C)c1ncnc2c1ncn2[C@@H]1O[C@H](CO)[C@@H]2N[P@](=O)(N(CCCl)CCCl)O[C@H]21. The summed E-state index contributed by atoms with van der Waals surface area (Å²) >= 11 is 11.8. The lowest BCUT2D eigenvalue weighted by molar-refractivity contribution is -0.0474. The quantitative estimate of drug-likeness (QED) is 0.419. The van der Waals surface area contributed by atoms with Crippen molar-refractivity contribution in [2.75, 3.05) is 50.5 Å². The topological polar surface area (TPSA) is 118 Å². The maximum atomic E-state index is 13.6. The molecule has 0 amide bonds. The fourth-order valence-corrected chi connectivity index (χ4v) is 6.82. The van der Waals surface area contributed by atoms with E-state index in [1.54, 1.807) is 15.6 Å². The fourth-order valence-electron chi connectivity index (χ4n) is 3.84. The number of aliphatic hydroxyl groups is 1. The van der Waals surface area contributed by atoms with Crippen molar-refractivity contribution in [3.8, 4) is 0 Å². The van der Waals surface area contributed by atoms with Crippen LogP contribution in [0.3, 0.4) is 0 Å². The van der Waals surface area contributed by atoms with Gasteiger partial charge in [-0.3, -0.25) is 13.7 Å². The summed E-state index contributed by atoms with van der Waals surface area (Å²) in [6.07, 6.45) is 1.12. The molecule has 4 rings (SSSR count). The second kappa shape index (κ2) is 8.84. The van der Waals surface area contributed by atoms with Gasteiger partial charge in [0.05, 0.1) is 19.0 Å². The molecule has 2 aromatic heterocycles. The summed E-state index contributed by atoms with van der Waals surface area (Å²) in [5.74, 6) is 1.22. The van der Waals surface area contributed by atoms with E-state index in [0.29, 0.717) is 30.1 Å². The van der Waals surface area contributed by atoms with Crippen molar-refractivity contribution in [1.82, 2.24) is 29.3 Å². The average molecular weight is 480 g/mol. The zero-order chi connectivity index (χ0) is 21.5. The Labute approximate surface area is 183 Å². The number of alkyl halides is 2. The number of anilines is 1. The van der Waals surface area contributed by atoms with E-state index in [-0.39, 0.29) is 18.4 Å². The van der Waals surface area contributed by atoms with Crippen LogP contribution in [-0.4, -0.2) is 93.1 Å². The Morgan fingerprint density at radius 1 is 1.27 bits per heavy atom. The van der Waals surface area contributed by atoms with Crippen molar-refractivity contribution in [2.24, 2.45) is 0 Å². The van der Waals surface area contributed by atoms with Gasteiger partial charge in [0.2, 0.25) is 0 Å². The van der Waals surface area contributed by atoms with E-state index in [1.807, 2.05) is 19.0 Å². The van der Waals surface area contributed by atoms with Gasteiger partial charge in [0.25, 0.3) is 0 Å². The Bertz CT molecular complexity index is 941. The van der Waals surface area contributed by atoms with Crippen LogP contribution in [0.4, 0.5) is 5.82 Å². The molecule has 11 nitrogen and oxygen atoms in total. The third-order valence-electron chi connectivity index (χ3n) is 5.20. The standard InChI is InChI=1S/C16H24Cl2N7O4P/c1-23(2)14-12-15(20-8-19-14)25(9-21-12)16-13-11(10(7-26)28-16)22-30(27,29-13)24(5-3-17)6-4-18/h8-11,13,16,26H,3-7H2,1-2H3,(H,22,27)/t10-,11+,13-,16-,30-/m1/s1. The van der Waals surface area contributed by atoms with E-state index in [9.17, 15) is 9.67 Å². The lowest BCUT2D eigenvalue weighted by Crippen LogP contribution is -2.39. The highest BCUT2D eigenvalue weighted by Gasteiger charge is 2.57. The molecule has 2 fully saturated rings. The number of aliphatic hydroxyl groups excluding tert-OH is 1. The summed E-state index contributed by atoms with van der Waals surface area (Å²) in [6.45, 7) is 0.436. The predicted octanol–water partition coefficient (Wildman–Crippen LogP) is 1.03. The number of nitrogens with zero attached hydrogens (tertiary/aromatic N) is 6. The van der Waals surface area contributed by atoms with E-state index < -0.39 is 32.1 Å². The molecule has 2 N–H and O–H groups in total. The smallest absolute Gasteiger partial charge is 0.344 e. The summed E-state index contributed by atoms with van der Waals surface area (Å²) < 4.78 is 29.0. The van der Waals surface area contributed by atoms with Crippen molar-refractivity contribution in [2.45, 2.75) is 24.5 Å². The van der Waals surface area contributed by atoms with E-state index in [2.05, 4.69) is 20.0 Å². The molecule has 0 aromatic carbocycles. The molecule has 0 radical (unpaired) electrons. The highest BCUT2D eigenvalue weighted by atomic mass is 35.5. The van der Waals surface area contributed by atoms with E-state index in [4.69, 9.17) is 32.5 Å². The van der Waals surface area contributed by atoms with Crippen LogP contribution in [0.5, 0.6) is 0 Å². The second-order valence-corrected chi connectivity index (χ2v) is 10.1. The van der Waals surface area contributed by atoms with Crippen molar-refractivity contribution in [3.63, 3.8) is 0 Å². The van der Waals surface area contributed by atoms with Gasteiger partial charge in [-0.25, -0.2) is 24.7 Å². The van der Waals surface area contributed by atoms with E-state index >= 15 is 0 Å². The fraction of sp³-hybridized carbons (Fsp3) is 0.688. The molecule has 4 heterocycles. The van der Waals surface area contributed by atoms with Crippen LogP contribution in [0.15, 0.2) is 12.7 Å². The lowest BCUT2D eigenvalue weighted by atomic mass is 10.1. The monoisotopic (exact) mass is 479 g/mol. The average Bonchev–Trinajstić information content (AvgIpc) is 3.39.